The van der Waals surface area contributed by atoms with Crippen molar-refractivity contribution in [3.05, 3.63) is 95.6 Å². The first-order chi connectivity index (χ1) is 13.0. The maximum absolute atomic E-state index is 12.6. The van der Waals surface area contributed by atoms with Gasteiger partial charge < -0.3 is 20.5 Å². The van der Waals surface area contributed by atoms with Crippen molar-refractivity contribution in [1.82, 2.24) is 0 Å². The van der Waals surface area contributed by atoms with Crippen LogP contribution in [0.2, 0.25) is 0 Å². The minimum Gasteiger partial charge on any atom is -0.545 e. The number of benzene rings is 3. The molecule has 6 nitrogen and oxygen atoms in total. The van der Waals surface area contributed by atoms with Gasteiger partial charge in [0.25, 0.3) is 11.8 Å². The van der Waals surface area contributed by atoms with Gasteiger partial charge in [0.05, 0.1) is 17.2 Å². The molecule has 3 aromatic carbocycles. The summed E-state index contributed by atoms with van der Waals surface area (Å²) in [6.07, 6.45) is 0. The summed E-state index contributed by atoms with van der Waals surface area (Å²) in [5, 5.41) is 16.2. The molecule has 0 heterocycles. The van der Waals surface area contributed by atoms with Gasteiger partial charge in [-0.25, -0.2) is 0 Å². The minimum absolute atomic E-state index is 0.0172. The monoisotopic (exact) mass is 359 g/mol. The highest BCUT2D eigenvalue weighted by Gasteiger charge is 2.14. The molecule has 6 heteroatoms. The van der Waals surface area contributed by atoms with E-state index in [1.165, 1.54) is 24.3 Å². The fourth-order valence-corrected chi connectivity index (χ4v) is 2.46. The van der Waals surface area contributed by atoms with E-state index in [1.54, 1.807) is 48.5 Å². The minimum atomic E-state index is -1.29. The Labute approximate surface area is 155 Å². The summed E-state index contributed by atoms with van der Waals surface area (Å²) in [5.74, 6) is -2.05. The Kier molecular flexibility index (Phi) is 5.28. The fourth-order valence-electron chi connectivity index (χ4n) is 2.46. The third-order valence-electron chi connectivity index (χ3n) is 3.83. The Hall–Kier alpha value is -3.93. The second-order valence-corrected chi connectivity index (χ2v) is 5.68. The smallest absolute Gasteiger partial charge is 0.257 e. The number of carboxylic acid groups (broad SMARTS) is 1. The Balaban J connectivity index is 1.77. The lowest BCUT2D eigenvalue weighted by atomic mass is 10.1. The van der Waals surface area contributed by atoms with Gasteiger partial charge in [0, 0.05) is 11.3 Å². The SMILES string of the molecule is O=C([O-])c1ccc(NC(=O)c2ccccc2NC(=O)c2ccccc2)cc1. The molecule has 0 aliphatic heterocycles. The average molecular weight is 359 g/mol. The Bertz CT molecular complexity index is 983. The standard InChI is InChI=1S/C21H16N2O4/c24-19(14-6-2-1-3-7-14)23-18-9-5-4-8-17(18)20(25)22-16-12-10-15(11-13-16)21(26)27/h1-13H,(H,22,25)(H,23,24)(H,26,27)/p-1. The highest BCUT2D eigenvalue weighted by atomic mass is 16.4. The zero-order valence-electron chi connectivity index (χ0n) is 14.1. The quantitative estimate of drug-likeness (QED) is 0.731. The van der Waals surface area contributed by atoms with Crippen LogP contribution in [0.1, 0.15) is 31.1 Å². The first kappa shape index (κ1) is 17.9. The highest BCUT2D eigenvalue weighted by molar-refractivity contribution is 6.12. The highest BCUT2D eigenvalue weighted by Crippen LogP contribution is 2.19. The zero-order valence-corrected chi connectivity index (χ0v) is 14.1. The molecule has 0 aliphatic carbocycles. The fraction of sp³-hybridized carbons (Fsp3) is 0. The lowest BCUT2D eigenvalue weighted by Gasteiger charge is -2.12. The van der Waals surface area contributed by atoms with Crippen LogP contribution in [-0.4, -0.2) is 17.8 Å². The van der Waals surface area contributed by atoms with Crippen LogP contribution in [0.4, 0.5) is 11.4 Å². The van der Waals surface area contributed by atoms with E-state index in [-0.39, 0.29) is 17.0 Å². The number of anilines is 2. The number of carbonyl (C=O) groups is 3. The van der Waals surface area contributed by atoms with Crippen LogP contribution in [0.15, 0.2) is 78.9 Å². The number of hydrogen-bond donors (Lipinski definition) is 2. The van der Waals surface area contributed by atoms with Crippen molar-refractivity contribution in [3.8, 4) is 0 Å². The number of amides is 2. The summed E-state index contributed by atoms with van der Waals surface area (Å²) in [6.45, 7) is 0. The Morgan fingerprint density at radius 3 is 1.93 bits per heavy atom. The molecule has 27 heavy (non-hydrogen) atoms. The predicted octanol–water partition coefficient (Wildman–Crippen LogP) is 2.55. The summed E-state index contributed by atoms with van der Waals surface area (Å²) < 4.78 is 0. The van der Waals surface area contributed by atoms with Crippen LogP contribution in [0.3, 0.4) is 0 Å². The van der Waals surface area contributed by atoms with E-state index >= 15 is 0 Å². The van der Waals surface area contributed by atoms with E-state index < -0.39 is 11.9 Å². The normalized spacial score (nSPS) is 10.1. The molecular formula is C21H15N2O4-. The predicted molar refractivity (Wildman–Crippen MR) is 99.6 cm³/mol. The van der Waals surface area contributed by atoms with E-state index in [0.29, 0.717) is 16.9 Å². The van der Waals surface area contributed by atoms with Gasteiger partial charge in [-0.1, -0.05) is 42.5 Å². The summed E-state index contributed by atoms with van der Waals surface area (Å²) in [5.41, 5.74) is 1.57. The van der Waals surface area contributed by atoms with Gasteiger partial charge >= 0.3 is 0 Å². The van der Waals surface area contributed by atoms with Crippen molar-refractivity contribution in [3.63, 3.8) is 0 Å². The molecular weight excluding hydrogens is 344 g/mol. The van der Waals surface area contributed by atoms with Crippen LogP contribution in [0.5, 0.6) is 0 Å². The molecule has 0 atom stereocenters. The van der Waals surface area contributed by atoms with Gasteiger partial charge in [-0.3, -0.25) is 9.59 Å². The van der Waals surface area contributed by atoms with Gasteiger partial charge in [-0.15, -0.1) is 0 Å². The van der Waals surface area contributed by atoms with Gasteiger partial charge in [0.15, 0.2) is 0 Å². The molecule has 0 aromatic heterocycles. The molecule has 0 radical (unpaired) electrons. The van der Waals surface area contributed by atoms with E-state index in [2.05, 4.69) is 10.6 Å². The van der Waals surface area contributed by atoms with E-state index in [4.69, 9.17) is 0 Å². The van der Waals surface area contributed by atoms with E-state index in [9.17, 15) is 19.5 Å². The van der Waals surface area contributed by atoms with Crippen molar-refractivity contribution in [2.45, 2.75) is 0 Å². The maximum Gasteiger partial charge on any atom is 0.257 e. The number of carboxylic acids is 1. The summed E-state index contributed by atoms with van der Waals surface area (Å²) in [7, 11) is 0. The molecule has 0 aliphatic rings. The Morgan fingerprint density at radius 2 is 1.26 bits per heavy atom. The molecule has 0 fully saturated rings. The molecule has 0 spiro atoms. The number of nitrogens with one attached hydrogen (secondary N) is 2. The first-order valence-corrected chi connectivity index (χ1v) is 8.13. The molecule has 2 N–H and O–H groups in total. The molecule has 3 rings (SSSR count). The number of para-hydroxylation sites is 1. The van der Waals surface area contributed by atoms with Gasteiger partial charge in [0.2, 0.25) is 0 Å². The lowest BCUT2D eigenvalue weighted by molar-refractivity contribution is -0.255. The maximum atomic E-state index is 12.6. The summed E-state index contributed by atoms with van der Waals surface area (Å²) in [4.78, 5) is 35.7. The van der Waals surface area contributed by atoms with Crippen molar-refractivity contribution in [2.24, 2.45) is 0 Å². The molecule has 134 valence electrons. The summed E-state index contributed by atoms with van der Waals surface area (Å²) >= 11 is 0. The molecule has 0 unspecified atom stereocenters. The number of carbonyl (C=O) groups excluding carboxylic acids is 3. The third-order valence-corrected chi connectivity index (χ3v) is 3.83. The molecule has 0 saturated heterocycles. The molecule has 3 aromatic rings. The van der Waals surface area contributed by atoms with E-state index in [1.807, 2.05) is 6.07 Å². The van der Waals surface area contributed by atoms with Gasteiger partial charge in [-0.2, -0.15) is 0 Å². The topological polar surface area (TPSA) is 98.3 Å². The number of aromatic carboxylic acids is 1. The Morgan fingerprint density at radius 1 is 0.630 bits per heavy atom. The van der Waals surface area contributed by atoms with Crippen LogP contribution in [-0.2, 0) is 0 Å². The largest absolute Gasteiger partial charge is 0.545 e. The van der Waals surface area contributed by atoms with E-state index in [0.717, 1.165) is 0 Å². The van der Waals surface area contributed by atoms with Gasteiger partial charge in [0.1, 0.15) is 0 Å². The van der Waals surface area contributed by atoms with Crippen LogP contribution >= 0.6 is 0 Å². The second kappa shape index (κ2) is 7.97. The summed E-state index contributed by atoms with van der Waals surface area (Å²) in [6, 6.07) is 20.9. The third kappa shape index (κ3) is 4.38. The average Bonchev–Trinajstić information content (AvgIpc) is 2.69. The first-order valence-electron chi connectivity index (χ1n) is 8.13. The number of rotatable bonds is 5. The van der Waals surface area contributed by atoms with Crippen LogP contribution in [0, 0.1) is 0 Å². The van der Waals surface area contributed by atoms with Crippen molar-refractivity contribution >= 4 is 29.2 Å². The van der Waals surface area contributed by atoms with Crippen molar-refractivity contribution in [2.75, 3.05) is 10.6 Å². The second-order valence-electron chi connectivity index (χ2n) is 5.68. The molecule has 2 amide bonds. The zero-order chi connectivity index (χ0) is 19.2. The lowest BCUT2D eigenvalue weighted by Crippen LogP contribution is -2.22. The van der Waals surface area contributed by atoms with Crippen molar-refractivity contribution < 1.29 is 19.5 Å². The molecule has 0 bridgehead atoms. The molecule has 0 saturated carbocycles. The van der Waals surface area contributed by atoms with Gasteiger partial charge in [-0.05, 0) is 42.0 Å². The number of hydrogen-bond acceptors (Lipinski definition) is 4. The van der Waals surface area contributed by atoms with Crippen LogP contribution < -0.4 is 15.7 Å². The van der Waals surface area contributed by atoms with Crippen LogP contribution in [0.25, 0.3) is 0 Å². The van der Waals surface area contributed by atoms with Crippen molar-refractivity contribution in [1.29, 1.82) is 0 Å².